The topological polar surface area (TPSA) is 71.2 Å². The molecule has 0 aliphatic carbocycles. The van der Waals surface area contributed by atoms with Crippen molar-refractivity contribution in [1.82, 2.24) is 19.7 Å². The molecule has 6 nitrogen and oxygen atoms in total. The van der Waals surface area contributed by atoms with Crippen LogP contribution < -0.4 is 0 Å². The molecule has 0 radical (unpaired) electrons. The standard InChI is InChI=1S/C15H20N4O2S/c1-9(2)12-8-22-14(16-12)15(21)19-5-4-13-10(6-19)11(7-20)17-18(13)3/h8-9,20H,4-7H2,1-3H3. The van der Waals surface area contributed by atoms with Gasteiger partial charge in [-0.05, 0) is 5.92 Å². The molecule has 0 spiro atoms. The van der Waals surface area contributed by atoms with Crippen LogP contribution in [0.1, 0.15) is 52.2 Å². The zero-order valence-electron chi connectivity index (χ0n) is 13.0. The quantitative estimate of drug-likeness (QED) is 0.934. The lowest BCUT2D eigenvalue weighted by atomic mass is 10.1. The zero-order valence-corrected chi connectivity index (χ0v) is 13.9. The van der Waals surface area contributed by atoms with E-state index < -0.39 is 0 Å². The number of rotatable bonds is 3. The molecule has 3 heterocycles. The third-order valence-corrected chi connectivity index (χ3v) is 4.91. The smallest absolute Gasteiger partial charge is 0.283 e. The van der Waals surface area contributed by atoms with Gasteiger partial charge < -0.3 is 10.0 Å². The fourth-order valence-electron chi connectivity index (χ4n) is 2.75. The molecular weight excluding hydrogens is 300 g/mol. The highest BCUT2D eigenvalue weighted by Crippen LogP contribution is 2.25. The molecule has 1 aliphatic heterocycles. The summed E-state index contributed by atoms with van der Waals surface area (Å²) in [6.45, 7) is 5.20. The number of aliphatic hydroxyl groups is 1. The number of amides is 1. The van der Waals surface area contributed by atoms with E-state index in [1.165, 1.54) is 11.3 Å². The summed E-state index contributed by atoms with van der Waals surface area (Å²) in [4.78, 5) is 18.9. The average Bonchev–Trinajstić information content (AvgIpc) is 3.11. The van der Waals surface area contributed by atoms with E-state index in [1.807, 2.05) is 17.1 Å². The zero-order chi connectivity index (χ0) is 15.9. The van der Waals surface area contributed by atoms with Crippen LogP contribution in [-0.2, 0) is 26.6 Å². The highest BCUT2D eigenvalue weighted by atomic mass is 32.1. The van der Waals surface area contributed by atoms with E-state index in [4.69, 9.17) is 0 Å². The van der Waals surface area contributed by atoms with Crippen molar-refractivity contribution in [2.75, 3.05) is 6.54 Å². The molecule has 7 heteroatoms. The van der Waals surface area contributed by atoms with Crippen LogP contribution in [0.15, 0.2) is 5.38 Å². The van der Waals surface area contributed by atoms with Gasteiger partial charge >= 0.3 is 0 Å². The molecule has 3 rings (SSSR count). The third-order valence-electron chi connectivity index (χ3n) is 4.06. The fourth-order valence-corrected chi connectivity index (χ4v) is 3.70. The highest BCUT2D eigenvalue weighted by molar-refractivity contribution is 7.11. The molecular formula is C15H20N4O2S. The maximum atomic E-state index is 12.6. The van der Waals surface area contributed by atoms with Crippen LogP contribution in [-0.4, -0.2) is 37.2 Å². The molecule has 0 aromatic carbocycles. The van der Waals surface area contributed by atoms with Crippen LogP contribution >= 0.6 is 11.3 Å². The second-order valence-corrected chi connectivity index (χ2v) is 6.72. The van der Waals surface area contributed by atoms with Gasteiger partial charge in [-0.2, -0.15) is 5.10 Å². The molecule has 1 amide bonds. The van der Waals surface area contributed by atoms with Gasteiger partial charge in [0.1, 0.15) is 0 Å². The van der Waals surface area contributed by atoms with Gasteiger partial charge in [0.15, 0.2) is 5.01 Å². The van der Waals surface area contributed by atoms with E-state index in [2.05, 4.69) is 23.9 Å². The van der Waals surface area contributed by atoms with Crippen LogP contribution in [0.2, 0.25) is 0 Å². The van der Waals surface area contributed by atoms with Crippen molar-refractivity contribution in [1.29, 1.82) is 0 Å². The average molecular weight is 320 g/mol. The van der Waals surface area contributed by atoms with E-state index in [1.54, 1.807) is 4.90 Å². The monoisotopic (exact) mass is 320 g/mol. The van der Waals surface area contributed by atoms with Crippen LogP contribution in [0, 0.1) is 0 Å². The number of hydrogen-bond donors (Lipinski definition) is 1. The Hall–Kier alpha value is -1.73. The van der Waals surface area contributed by atoms with Crippen molar-refractivity contribution in [2.24, 2.45) is 7.05 Å². The second kappa shape index (κ2) is 5.81. The van der Waals surface area contributed by atoms with Crippen LogP contribution in [0.3, 0.4) is 0 Å². The molecule has 2 aromatic heterocycles. The van der Waals surface area contributed by atoms with Crippen molar-refractivity contribution < 1.29 is 9.90 Å². The highest BCUT2D eigenvalue weighted by Gasteiger charge is 2.28. The number of aryl methyl sites for hydroxylation is 1. The lowest BCUT2D eigenvalue weighted by Crippen LogP contribution is -2.36. The first-order valence-electron chi connectivity index (χ1n) is 7.40. The molecule has 0 unspecified atom stereocenters. The van der Waals surface area contributed by atoms with E-state index in [0.29, 0.717) is 29.7 Å². The van der Waals surface area contributed by atoms with Crippen LogP contribution in [0.4, 0.5) is 0 Å². The Kier molecular flexibility index (Phi) is 4.01. The molecule has 0 saturated carbocycles. The molecule has 1 N–H and O–H groups in total. The van der Waals surface area contributed by atoms with Crippen molar-refractivity contribution in [3.05, 3.63) is 33.0 Å². The first-order valence-corrected chi connectivity index (χ1v) is 8.28. The predicted octanol–water partition coefficient (Wildman–Crippen LogP) is 1.69. The Balaban J connectivity index is 1.82. The largest absolute Gasteiger partial charge is 0.390 e. The van der Waals surface area contributed by atoms with E-state index in [9.17, 15) is 9.90 Å². The Morgan fingerprint density at radius 3 is 2.91 bits per heavy atom. The Morgan fingerprint density at radius 1 is 1.50 bits per heavy atom. The van der Waals surface area contributed by atoms with E-state index in [-0.39, 0.29) is 12.5 Å². The summed E-state index contributed by atoms with van der Waals surface area (Å²) in [5.74, 6) is 0.292. The number of aromatic nitrogens is 3. The number of hydrogen-bond acceptors (Lipinski definition) is 5. The summed E-state index contributed by atoms with van der Waals surface area (Å²) in [7, 11) is 1.88. The van der Waals surface area contributed by atoms with E-state index in [0.717, 1.165) is 23.4 Å². The lowest BCUT2D eigenvalue weighted by molar-refractivity contribution is 0.0731. The Bertz CT molecular complexity index is 704. The molecule has 1 aliphatic rings. The molecule has 0 bridgehead atoms. The SMILES string of the molecule is CC(C)c1csc(C(=O)N2CCc3c(c(CO)nn3C)C2)n1. The predicted molar refractivity (Wildman–Crippen MR) is 83.8 cm³/mol. The molecule has 2 aromatic rings. The van der Waals surface area contributed by atoms with Crippen molar-refractivity contribution in [2.45, 2.75) is 39.3 Å². The molecule has 22 heavy (non-hydrogen) atoms. The van der Waals surface area contributed by atoms with Crippen LogP contribution in [0.5, 0.6) is 0 Å². The Morgan fingerprint density at radius 2 is 2.27 bits per heavy atom. The molecule has 0 atom stereocenters. The number of aliphatic hydroxyl groups excluding tert-OH is 1. The summed E-state index contributed by atoms with van der Waals surface area (Å²) in [5.41, 5.74) is 3.71. The third kappa shape index (κ3) is 2.55. The minimum Gasteiger partial charge on any atom is -0.390 e. The first kappa shape index (κ1) is 15.2. The number of nitrogens with zero attached hydrogens (tertiary/aromatic N) is 4. The minimum atomic E-state index is -0.0973. The minimum absolute atomic E-state index is 0.0321. The van der Waals surface area contributed by atoms with Gasteiger partial charge in [-0.15, -0.1) is 11.3 Å². The summed E-state index contributed by atoms with van der Waals surface area (Å²) in [6, 6.07) is 0. The van der Waals surface area contributed by atoms with Crippen molar-refractivity contribution >= 4 is 17.2 Å². The lowest BCUT2D eigenvalue weighted by Gasteiger charge is -2.26. The molecule has 0 saturated heterocycles. The number of carbonyl (C=O) groups excluding carboxylic acids is 1. The van der Waals surface area contributed by atoms with Gasteiger partial charge in [0.25, 0.3) is 5.91 Å². The van der Waals surface area contributed by atoms with Gasteiger partial charge in [-0.1, -0.05) is 13.8 Å². The summed E-state index contributed by atoms with van der Waals surface area (Å²) in [5, 5.41) is 16.2. The Labute approximate surface area is 133 Å². The van der Waals surface area contributed by atoms with Crippen LogP contribution in [0.25, 0.3) is 0 Å². The van der Waals surface area contributed by atoms with Gasteiger partial charge in [-0.25, -0.2) is 4.98 Å². The normalized spacial score (nSPS) is 14.5. The fraction of sp³-hybridized carbons (Fsp3) is 0.533. The summed E-state index contributed by atoms with van der Waals surface area (Å²) >= 11 is 1.40. The second-order valence-electron chi connectivity index (χ2n) is 5.86. The molecule has 118 valence electrons. The van der Waals surface area contributed by atoms with E-state index >= 15 is 0 Å². The van der Waals surface area contributed by atoms with Crippen molar-refractivity contribution in [3.8, 4) is 0 Å². The maximum absolute atomic E-state index is 12.6. The number of fused-ring (bicyclic) bond motifs is 1. The summed E-state index contributed by atoms with van der Waals surface area (Å²) < 4.78 is 1.81. The van der Waals surface area contributed by atoms with Gasteiger partial charge in [-0.3, -0.25) is 9.48 Å². The maximum Gasteiger partial charge on any atom is 0.283 e. The first-order chi connectivity index (χ1) is 10.5. The molecule has 0 fully saturated rings. The number of thiazole rings is 1. The van der Waals surface area contributed by atoms with Gasteiger partial charge in [0.05, 0.1) is 18.0 Å². The van der Waals surface area contributed by atoms with Gasteiger partial charge in [0.2, 0.25) is 0 Å². The van der Waals surface area contributed by atoms with Gasteiger partial charge in [0, 0.05) is 43.2 Å². The summed E-state index contributed by atoms with van der Waals surface area (Å²) in [6.07, 6.45) is 0.757. The van der Waals surface area contributed by atoms with Crippen molar-refractivity contribution in [3.63, 3.8) is 0 Å². The number of carbonyl (C=O) groups is 1.